The monoisotopic (exact) mass is 474 g/mol. The van der Waals surface area contributed by atoms with Crippen molar-refractivity contribution in [3.05, 3.63) is 34.6 Å². The molecule has 12 heteroatoms. The summed E-state index contributed by atoms with van der Waals surface area (Å²) in [4.78, 5) is 21.5. The van der Waals surface area contributed by atoms with Crippen LogP contribution in [0.1, 0.15) is 25.7 Å². The number of nitrogens with two attached hydrogens (primary N) is 1. The Labute approximate surface area is 185 Å². The number of aromatic nitrogens is 2. The van der Waals surface area contributed by atoms with Crippen molar-refractivity contribution < 1.29 is 13.2 Å². The maximum Gasteiger partial charge on any atom is 0.241 e. The predicted molar refractivity (Wildman–Crippen MR) is 117 cm³/mol. The Morgan fingerprint density at radius 2 is 1.93 bits per heavy atom. The SMILES string of the molecule is Nc1c(Cl)cc(S(=O)(=O)N[C@@H](CCCNc2ncc[nH]2)C(=O)N2CCCC2)cc1Cl. The first kappa shape index (κ1) is 22.7. The molecule has 0 spiro atoms. The van der Waals surface area contributed by atoms with Crippen molar-refractivity contribution in [3.8, 4) is 0 Å². The fraction of sp³-hybridized carbons (Fsp3) is 0.444. The number of sulfonamides is 1. The number of carbonyl (C=O) groups excluding carboxylic acids is 1. The molecular weight excluding hydrogens is 451 g/mol. The summed E-state index contributed by atoms with van der Waals surface area (Å²) in [5.41, 5.74) is 5.80. The lowest BCUT2D eigenvalue weighted by molar-refractivity contribution is -0.132. The van der Waals surface area contributed by atoms with Gasteiger partial charge in [0.1, 0.15) is 6.04 Å². The molecule has 9 nitrogen and oxygen atoms in total. The van der Waals surface area contributed by atoms with Gasteiger partial charge in [-0.2, -0.15) is 4.72 Å². The second kappa shape index (κ2) is 9.86. The van der Waals surface area contributed by atoms with Gasteiger partial charge in [0.15, 0.2) is 5.95 Å². The molecule has 0 saturated carbocycles. The number of amides is 1. The molecule has 0 radical (unpaired) electrons. The van der Waals surface area contributed by atoms with Crippen molar-refractivity contribution in [2.24, 2.45) is 0 Å². The second-order valence-electron chi connectivity index (χ2n) is 7.01. The van der Waals surface area contributed by atoms with Crippen LogP contribution in [0.15, 0.2) is 29.4 Å². The van der Waals surface area contributed by atoms with E-state index >= 15 is 0 Å². The van der Waals surface area contributed by atoms with E-state index in [1.54, 1.807) is 17.3 Å². The van der Waals surface area contributed by atoms with Crippen molar-refractivity contribution in [2.45, 2.75) is 36.6 Å². The van der Waals surface area contributed by atoms with Crippen LogP contribution in [0.4, 0.5) is 11.6 Å². The summed E-state index contributed by atoms with van der Waals surface area (Å²) in [5.74, 6) is 0.380. The van der Waals surface area contributed by atoms with Gasteiger partial charge in [-0.05, 0) is 37.8 Å². The molecule has 1 aliphatic rings. The highest BCUT2D eigenvalue weighted by Gasteiger charge is 2.30. The normalized spacial score (nSPS) is 15.3. The van der Waals surface area contributed by atoms with Crippen LogP contribution >= 0.6 is 23.2 Å². The third-order valence-corrected chi connectivity index (χ3v) is 6.91. The van der Waals surface area contributed by atoms with Gasteiger partial charge in [0.2, 0.25) is 15.9 Å². The molecule has 1 fully saturated rings. The Bertz CT molecular complexity index is 955. The number of nitrogens with zero attached hydrogens (tertiary/aromatic N) is 2. The molecule has 1 saturated heterocycles. The van der Waals surface area contributed by atoms with Gasteiger partial charge in [0, 0.05) is 32.0 Å². The van der Waals surface area contributed by atoms with Crippen LogP contribution in [0.5, 0.6) is 0 Å². The summed E-state index contributed by atoms with van der Waals surface area (Å²) in [6.45, 7) is 1.78. The van der Waals surface area contributed by atoms with Crippen LogP contribution in [-0.4, -0.2) is 54.9 Å². The van der Waals surface area contributed by atoms with Crippen LogP contribution in [0.25, 0.3) is 0 Å². The number of halogens is 2. The van der Waals surface area contributed by atoms with Crippen LogP contribution in [0, 0.1) is 0 Å². The smallest absolute Gasteiger partial charge is 0.241 e. The van der Waals surface area contributed by atoms with Gasteiger partial charge in [-0.15, -0.1) is 0 Å². The van der Waals surface area contributed by atoms with E-state index in [4.69, 9.17) is 28.9 Å². The number of nitrogen functional groups attached to an aromatic ring is 1. The van der Waals surface area contributed by atoms with E-state index < -0.39 is 16.1 Å². The third kappa shape index (κ3) is 5.57. The number of rotatable bonds is 9. The van der Waals surface area contributed by atoms with Gasteiger partial charge in [-0.25, -0.2) is 13.4 Å². The molecular formula is C18H24Cl2N6O3S. The summed E-state index contributed by atoms with van der Waals surface area (Å²) < 4.78 is 28.4. The zero-order valence-electron chi connectivity index (χ0n) is 16.2. The average molecular weight is 475 g/mol. The number of imidazole rings is 1. The lowest BCUT2D eigenvalue weighted by Gasteiger charge is -2.24. The largest absolute Gasteiger partial charge is 0.396 e. The molecule has 0 aliphatic carbocycles. The van der Waals surface area contributed by atoms with Gasteiger partial charge in [-0.1, -0.05) is 23.2 Å². The molecule has 2 heterocycles. The molecule has 1 aromatic carbocycles. The molecule has 1 atom stereocenters. The molecule has 1 amide bonds. The summed E-state index contributed by atoms with van der Waals surface area (Å²) in [6.07, 6.45) is 6.01. The highest BCUT2D eigenvalue weighted by atomic mass is 35.5. The highest BCUT2D eigenvalue weighted by Crippen LogP contribution is 2.30. The van der Waals surface area contributed by atoms with Crippen molar-refractivity contribution in [1.29, 1.82) is 0 Å². The first-order chi connectivity index (χ1) is 14.3. The van der Waals surface area contributed by atoms with E-state index in [0.29, 0.717) is 38.4 Å². The molecule has 2 aromatic rings. The molecule has 0 unspecified atom stereocenters. The Morgan fingerprint density at radius 3 is 2.53 bits per heavy atom. The number of aromatic amines is 1. The molecule has 30 heavy (non-hydrogen) atoms. The van der Waals surface area contributed by atoms with Crippen LogP contribution in [0.3, 0.4) is 0 Å². The Morgan fingerprint density at radius 1 is 1.27 bits per heavy atom. The molecule has 164 valence electrons. The van der Waals surface area contributed by atoms with E-state index in [1.165, 1.54) is 12.1 Å². The Hall–Kier alpha value is -2.01. The van der Waals surface area contributed by atoms with Crippen molar-refractivity contribution >= 4 is 50.8 Å². The Balaban J connectivity index is 1.72. The topological polar surface area (TPSA) is 133 Å². The molecule has 1 aliphatic heterocycles. The molecule has 0 bridgehead atoms. The van der Waals surface area contributed by atoms with E-state index in [-0.39, 0.29) is 26.5 Å². The zero-order chi connectivity index (χ0) is 21.7. The maximum atomic E-state index is 13.0. The summed E-state index contributed by atoms with van der Waals surface area (Å²) in [7, 11) is -4.04. The number of anilines is 2. The van der Waals surface area contributed by atoms with Crippen LogP contribution in [0.2, 0.25) is 10.0 Å². The van der Waals surface area contributed by atoms with Crippen molar-refractivity contribution in [1.82, 2.24) is 19.6 Å². The lowest BCUT2D eigenvalue weighted by Crippen LogP contribution is -2.47. The van der Waals surface area contributed by atoms with Crippen LogP contribution < -0.4 is 15.8 Å². The molecule has 3 rings (SSSR count). The quantitative estimate of drug-likeness (QED) is 0.325. The number of H-pyrrole nitrogens is 1. The minimum Gasteiger partial charge on any atom is -0.396 e. The minimum absolute atomic E-state index is 0.0351. The summed E-state index contributed by atoms with van der Waals surface area (Å²) >= 11 is 12.0. The predicted octanol–water partition coefficient (Wildman–Crippen LogP) is 2.46. The summed E-state index contributed by atoms with van der Waals surface area (Å²) in [5, 5.41) is 3.16. The van der Waals surface area contributed by atoms with Crippen LogP contribution in [-0.2, 0) is 14.8 Å². The zero-order valence-corrected chi connectivity index (χ0v) is 18.5. The molecule has 5 N–H and O–H groups in total. The number of benzene rings is 1. The number of hydrogen-bond acceptors (Lipinski definition) is 6. The Kier molecular flexibility index (Phi) is 7.45. The third-order valence-electron chi connectivity index (χ3n) is 4.84. The average Bonchev–Trinajstić information content (AvgIpc) is 3.41. The van der Waals surface area contributed by atoms with Gasteiger partial charge in [0.25, 0.3) is 0 Å². The van der Waals surface area contributed by atoms with Gasteiger partial charge in [0.05, 0.1) is 20.6 Å². The van der Waals surface area contributed by atoms with Crippen molar-refractivity contribution in [3.63, 3.8) is 0 Å². The number of carbonyl (C=O) groups is 1. The van der Waals surface area contributed by atoms with Gasteiger partial charge < -0.3 is 20.9 Å². The number of nitrogens with one attached hydrogen (secondary N) is 3. The standard InChI is InChI=1S/C18H24Cl2N6O3S/c19-13-10-12(11-14(20)16(13)21)30(28,29)25-15(17(27)26-8-1-2-9-26)4-3-5-22-18-23-6-7-24-18/h6-7,10-11,15,25H,1-5,8-9,21H2,(H2,22,23,24)/t15-/m0/s1. The van der Waals surface area contributed by atoms with Gasteiger partial charge >= 0.3 is 0 Å². The fourth-order valence-corrected chi connectivity index (χ4v) is 5.13. The summed E-state index contributed by atoms with van der Waals surface area (Å²) in [6, 6.07) is 1.55. The molecule has 1 aromatic heterocycles. The number of likely N-dealkylation sites (tertiary alicyclic amines) is 1. The van der Waals surface area contributed by atoms with E-state index in [0.717, 1.165) is 12.8 Å². The van der Waals surface area contributed by atoms with Gasteiger partial charge in [-0.3, -0.25) is 4.79 Å². The van der Waals surface area contributed by atoms with Crippen molar-refractivity contribution in [2.75, 3.05) is 30.7 Å². The van der Waals surface area contributed by atoms with E-state index in [9.17, 15) is 13.2 Å². The maximum absolute atomic E-state index is 13.0. The lowest BCUT2D eigenvalue weighted by atomic mass is 10.1. The minimum atomic E-state index is -4.04. The first-order valence-corrected chi connectivity index (χ1v) is 11.8. The highest BCUT2D eigenvalue weighted by molar-refractivity contribution is 7.89. The van der Waals surface area contributed by atoms with E-state index in [1.807, 2.05) is 0 Å². The first-order valence-electron chi connectivity index (χ1n) is 9.57. The fourth-order valence-electron chi connectivity index (χ4n) is 3.24. The van der Waals surface area contributed by atoms with E-state index in [2.05, 4.69) is 20.0 Å². The number of hydrogen-bond donors (Lipinski definition) is 4. The second-order valence-corrected chi connectivity index (χ2v) is 9.54.